The van der Waals surface area contributed by atoms with Gasteiger partial charge in [-0.05, 0) is 30.2 Å². The van der Waals surface area contributed by atoms with Gasteiger partial charge in [0.1, 0.15) is 0 Å². The second-order valence-electron chi connectivity index (χ2n) is 5.55. The number of benzene rings is 2. The molecule has 1 heterocycles. The highest BCUT2D eigenvalue weighted by Gasteiger charge is 2.13. The Morgan fingerprint density at radius 2 is 1.74 bits per heavy atom. The van der Waals surface area contributed by atoms with Gasteiger partial charge in [-0.3, -0.25) is 4.79 Å². The van der Waals surface area contributed by atoms with Crippen LogP contribution in [0.25, 0.3) is 0 Å². The third kappa shape index (κ3) is 4.23. The van der Waals surface area contributed by atoms with Crippen LogP contribution in [-0.2, 0) is 17.9 Å². The standard InChI is InChI=1S/C18H20N2O3/c1-13-2-4-14(5-3-13)10-20-18(21)11-19-9-15-6-7-16-17(8-15)23-12-22-16/h2-8,19H,9-12H2,1H3,(H,20,21). The lowest BCUT2D eigenvalue weighted by molar-refractivity contribution is -0.120. The first-order valence-corrected chi connectivity index (χ1v) is 7.62. The summed E-state index contributed by atoms with van der Waals surface area (Å²) in [6.07, 6.45) is 0. The van der Waals surface area contributed by atoms with E-state index >= 15 is 0 Å². The van der Waals surface area contributed by atoms with Crippen LogP contribution in [0.4, 0.5) is 0 Å². The Morgan fingerprint density at radius 1 is 1.00 bits per heavy atom. The van der Waals surface area contributed by atoms with Gasteiger partial charge in [-0.2, -0.15) is 0 Å². The minimum atomic E-state index is -0.0219. The molecule has 0 unspecified atom stereocenters. The predicted octanol–water partition coefficient (Wildman–Crippen LogP) is 2.13. The summed E-state index contributed by atoms with van der Waals surface area (Å²) in [4.78, 5) is 11.8. The van der Waals surface area contributed by atoms with Crippen molar-refractivity contribution in [1.29, 1.82) is 0 Å². The first kappa shape index (κ1) is 15.4. The van der Waals surface area contributed by atoms with Gasteiger partial charge >= 0.3 is 0 Å². The molecule has 3 rings (SSSR count). The molecule has 0 saturated carbocycles. The Hall–Kier alpha value is -2.53. The summed E-state index contributed by atoms with van der Waals surface area (Å²) >= 11 is 0. The average Bonchev–Trinajstić information content (AvgIpc) is 3.02. The van der Waals surface area contributed by atoms with Gasteiger partial charge in [-0.15, -0.1) is 0 Å². The largest absolute Gasteiger partial charge is 0.454 e. The predicted molar refractivity (Wildman–Crippen MR) is 87.3 cm³/mol. The SMILES string of the molecule is Cc1ccc(CNC(=O)CNCc2ccc3c(c2)OCO3)cc1. The first-order valence-electron chi connectivity index (χ1n) is 7.62. The zero-order valence-corrected chi connectivity index (χ0v) is 13.1. The maximum absolute atomic E-state index is 11.8. The minimum absolute atomic E-state index is 0.0219. The summed E-state index contributed by atoms with van der Waals surface area (Å²) in [7, 11) is 0. The average molecular weight is 312 g/mol. The van der Waals surface area contributed by atoms with Crippen LogP contribution in [0.5, 0.6) is 11.5 Å². The van der Waals surface area contributed by atoms with Crippen molar-refractivity contribution in [2.75, 3.05) is 13.3 Å². The van der Waals surface area contributed by atoms with Crippen LogP contribution < -0.4 is 20.1 Å². The van der Waals surface area contributed by atoms with Gasteiger partial charge in [0.05, 0.1) is 6.54 Å². The number of amides is 1. The Labute approximate surface area is 135 Å². The quantitative estimate of drug-likeness (QED) is 0.858. The molecular formula is C18H20N2O3. The van der Waals surface area contributed by atoms with E-state index in [4.69, 9.17) is 9.47 Å². The molecule has 5 heteroatoms. The van der Waals surface area contributed by atoms with E-state index in [1.54, 1.807) is 0 Å². The van der Waals surface area contributed by atoms with Gasteiger partial charge in [0.25, 0.3) is 0 Å². The van der Waals surface area contributed by atoms with Gasteiger partial charge < -0.3 is 20.1 Å². The van der Waals surface area contributed by atoms with Gasteiger partial charge in [0.2, 0.25) is 12.7 Å². The van der Waals surface area contributed by atoms with Crippen molar-refractivity contribution in [3.05, 3.63) is 59.2 Å². The third-order valence-corrected chi connectivity index (χ3v) is 3.66. The van der Waals surface area contributed by atoms with Crippen LogP contribution in [0.2, 0.25) is 0 Å². The molecule has 2 N–H and O–H groups in total. The van der Waals surface area contributed by atoms with Crippen LogP contribution in [0.15, 0.2) is 42.5 Å². The van der Waals surface area contributed by atoms with Crippen LogP contribution in [0.1, 0.15) is 16.7 Å². The van der Waals surface area contributed by atoms with E-state index in [2.05, 4.69) is 10.6 Å². The summed E-state index contributed by atoms with van der Waals surface area (Å²) in [6, 6.07) is 13.9. The van der Waals surface area contributed by atoms with Crippen LogP contribution in [0.3, 0.4) is 0 Å². The molecule has 2 aromatic carbocycles. The molecule has 0 spiro atoms. The number of hydrogen-bond acceptors (Lipinski definition) is 4. The van der Waals surface area contributed by atoms with Crippen molar-refractivity contribution in [1.82, 2.24) is 10.6 Å². The molecule has 0 saturated heterocycles. The fourth-order valence-corrected chi connectivity index (χ4v) is 2.34. The summed E-state index contributed by atoms with van der Waals surface area (Å²) < 4.78 is 10.6. The number of ether oxygens (including phenoxy) is 2. The Morgan fingerprint density at radius 3 is 2.57 bits per heavy atom. The summed E-state index contributed by atoms with van der Waals surface area (Å²) in [5, 5.41) is 6.03. The molecule has 23 heavy (non-hydrogen) atoms. The van der Waals surface area contributed by atoms with Crippen LogP contribution in [-0.4, -0.2) is 19.2 Å². The fraction of sp³-hybridized carbons (Fsp3) is 0.278. The number of rotatable bonds is 6. The Kier molecular flexibility index (Phi) is 4.78. The molecule has 0 aromatic heterocycles. The van der Waals surface area contributed by atoms with E-state index in [1.165, 1.54) is 5.56 Å². The summed E-state index contributed by atoms with van der Waals surface area (Å²) in [5.74, 6) is 1.50. The maximum Gasteiger partial charge on any atom is 0.234 e. The number of carbonyl (C=O) groups is 1. The van der Waals surface area contributed by atoms with E-state index in [9.17, 15) is 4.79 Å². The molecule has 1 amide bonds. The lowest BCUT2D eigenvalue weighted by atomic mass is 10.1. The van der Waals surface area contributed by atoms with Crippen molar-refractivity contribution in [2.24, 2.45) is 0 Å². The Bertz CT molecular complexity index is 683. The second-order valence-corrected chi connectivity index (χ2v) is 5.55. The summed E-state index contributed by atoms with van der Waals surface area (Å²) in [5.41, 5.74) is 3.37. The molecule has 0 aliphatic carbocycles. The van der Waals surface area contributed by atoms with E-state index in [0.717, 1.165) is 22.6 Å². The molecule has 120 valence electrons. The second kappa shape index (κ2) is 7.15. The van der Waals surface area contributed by atoms with Gasteiger partial charge in [-0.25, -0.2) is 0 Å². The molecule has 0 radical (unpaired) electrons. The molecular weight excluding hydrogens is 292 g/mol. The third-order valence-electron chi connectivity index (χ3n) is 3.66. The smallest absolute Gasteiger partial charge is 0.234 e. The molecule has 2 aromatic rings. The maximum atomic E-state index is 11.8. The zero-order chi connectivity index (χ0) is 16.1. The van der Waals surface area contributed by atoms with Crippen LogP contribution in [0, 0.1) is 6.92 Å². The fourth-order valence-electron chi connectivity index (χ4n) is 2.34. The first-order chi connectivity index (χ1) is 11.2. The molecule has 0 fully saturated rings. The van der Waals surface area contributed by atoms with E-state index in [1.807, 2.05) is 49.4 Å². The minimum Gasteiger partial charge on any atom is -0.454 e. The highest BCUT2D eigenvalue weighted by atomic mass is 16.7. The molecule has 0 bridgehead atoms. The van der Waals surface area contributed by atoms with E-state index in [0.29, 0.717) is 13.1 Å². The normalized spacial score (nSPS) is 12.2. The number of aryl methyl sites for hydroxylation is 1. The lowest BCUT2D eigenvalue weighted by Crippen LogP contribution is -2.33. The van der Waals surface area contributed by atoms with E-state index < -0.39 is 0 Å². The van der Waals surface area contributed by atoms with Crippen molar-refractivity contribution >= 4 is 5.91 Å². The van der Waals surface area contributed by atoms with Crippen molar-refractivity contribution in [2.45, 2.75) is 20.0 Å². The van der Waals surface area contributed by atoms with Crippen molar-refractivity contribution in [3.8, 4) is 11.5 Å². The lowest BCUT2D eigenvalue weighted by Gasteiger charge is -2.08. The van der Waals surface area contributed by atoms with E-state index in [-0.39, 0.29) is 19.2 Å². The van der Waals surface area contributed by atoms with Crippen molar-refractivity contribution in [3.63, 3.8) is 0 Å². The molecule has 0 atom stereocenters. The zero-order valence-electron chi connectivity index (χ0n) is 13.1. The van der Waals surface area contributed by atoms with Crippen LogP contribution >= 0.6 is 0 Å². The van der Waals surface area contributed by atoms with Gasteiger partial charge in [0.15, 0.2) is 11.5 Å². The molecule has 5 nitrogen and oxygen atoms in total. The van der Waals surface area contributed by atoms with Crippen molar-refractivity contribution < 1.29 is 14.3 Å². The number of fused-ring (bicyclic) bond motifs is 1. The molecule has 1 aliphatic heterocycles. The monoisotopic (exact) mass is 312 g/mol. The number of carbonyl (C=O) groups excluding carboxylic acids is 1. The highest BCUT2D eigenvalue weighted by Crippen LogP contribution is 2.32. The Balaban J connectivity index is 1.40. The molecule has 1 aliphatic rings. The number of hydrogen-bond donors (Lipinski definition) is 2. The number of nitrogens with one attached hydrogen (secondary N) is 2. The van der Waals surface area contributed by atoms with Gasteiger partial charge in [0, 0.05) is 13.1 Å². The van der Waals surface area contributed by atoms with Gasteiger partial charge in [-0.1, -0.05) is 35.9 Å². The topological polar surface area (TPSA) is 59.6 Å². The highest BCUT2D eigenvalue weighted by molar-refractivity contribution is 5.77. The summed E-state index contributed by atoms with van der Waals surface area (Å²) in [6.45, 7) is 3.75.